The van der Waals surface area contributed by atoms with Gasteiger partial charge in [-0.3, -0.25) is 4.99 Å². The first-order valence-corrected chi connectivity index (χ1v) is 9.47. The number of guanidine groups is 1. The Morgan fingerprint density at radius 3 is 2.61 bits per heavy atom. The van der Waals surface area contributed by atoms with Crippen LogP contribution in [0.1, 0.15) is 24.2 Å². The molecule has 0 radical (unpaired) electrons. The van der Waals surface area contributed by atoms with Crippen LogP contribution in [0.3, 0.4) is 0 Å². The largest absolute Gasteiger partial charge is 0.493 e. The van der Waals surface area contributed by atoms with E-state index >= 15 is 0 Å². The number of nitrogens with zero attached hydrogens (tertiary/aromatic N) is 2. The van der Waals surface area contributed by atoms with Gasteiger partial charge in [-0.25, -0.2) is 4.98 Å². The van der Waals surface area contributed by atoms with Gasteiger partial charge in [0, 0.05) is 19.3 Å². The maximum Gasteiger partial charge on any atom is 0.191 e. The Morgan fingerprint density at radius 1 is 1.18 bits per heavy atom. The number of hydrogen-bond acceptors (Lipinski definition) is 5. The number of hydrogen-bond donors (Lipinski definition) is 3. The van der Waals surface area contributed by atoms with E-state index in [0.717, 1.165) is 18.5 Å². The minimum Gasteiger partial charge on any atom is -0.493 e. The maximum atomic E-state index is 10.5. The molecule has 0 aliphatic heterocycles. The molecule has 2 rings (SSSR count). The molecule has 3 N–H and O–H groups in total. The van der Waals surface area contributed by atoms with E-state index in [1.54, 1.807) is 44.7 Å². The zero-order chi connectivity index (χ0) is 20.4. The van der Waals surface area contributed by atoms with Crippen molar-refractivity contribution in [2.45, 2.75) is 19.4 Å². The van der Waals surface area contributed by atoms with Gasteiger partial charge < -0.3 is 25.2 Å². The van der Waals surface area contributed by atoms with E-state index < -0.39 is 6.10 Å². The summed E-state index contributed by atoms with van der Waals surface area (Å²) < 4.78 is 10.5. The van der Waals surface area contributed by atoms with Crippen molar-refractivity contribution in [1.82, 2.24) is 15.6 Å². The number of aliphatic imine (C=N–C) groups is 1. The molecule has 1 unspecified atom stereocenters. The summed E-state index contributed by atoms with van der Waals surface area (Å²) in [5.74, 6) is 1.84. The number of aliphatic hydroxyl groups is 1. The van der Waals surface area contributed by atoms with Gasteiger partial charge in [0.2, 0.25) is 0 Å². The molecular formula is C20H27ClN4O3. The van der Waals surface area contributed by atoms with E-state index in [-0.39, 0.29) is 6.54 Å². The Morgan fingerprint density at radius 2 is 1.96 bits per heavy atom. The van der Waals surface area contributed by atoms with Crippen LogP contribution >= 0.6 is 11.6 Å². The SMILES string of the molecule is CCNC(=NCC(O)c1ccc(OC)c(OC)c1)NCCc1ccc(Cl)nc1. The quantitative estimate of drug-likeness (QED) is 0.337. The topological polar surface area (TPSA) is 88.0 Å². The number of ether oxygens (including phenoxy) is 2. The lowest BCUT2D eigenvalue weighted by atomic mass is 10.1. The summed E-state index contributed by atoms with van der Waals surface area (Å²) in [6.07, 6.45) is 1.79. The van der Waals surface area contributed by atoms with Gasteiger partial charge in [-0.2, -0.15) is 0 Å². The summed E-state index contributed by atoms with van der Waals surface area (Å²) in [6, 6.07) is 9.05. The third-order valence-corrected chi connectivity index (χ3v) is 4.28. The minimum absolute atomic E-state index is 0.216. The first-order chi connectivity index (χ1) is 13.6. The molecule has 1 aromatic carbocycles. The Labute approximate surface area is 170 Å². The van der Waals surface area contributed by atoms with Crippen LogP contribution in [0.15, 0.2) is 41.5 Å². The van der Waals surface area contributed by atoms with Crippen LogP contribution < -0.4 is 20.1 Å². The molecule has 8 heteroatoms. The van der Waals surface area contributed by atoms with Gasteiger partial charge in [-0.1, -0.05) is 23.7 Å². The second-order valence-corrected chi connectivity index (χ2v) is 6.40. The van der Waals surface area contributed by atoms with Crippen LogP contribution in [0.4, 0.5) is 0 Å². The lowest BCUT2D eigenvalue weighted by Gasteiger charge is -2.15. The van der Waals surface area contributed by atoms with Crippen LogP contribution in [-0.4, -0.2) is 49.9 Å². The standard InChI is InChI=1S/C20H27ClN4O3/c1-4-22-20(23-10-9-14-5-8-19(21)24-12-14)25-13-16(26)15-6-7-17(27-2)18(11-15)28-3/h5-8,11-12,16,26H,4,9-10,13H2,1-3H3,(H2,22,23,25). The van der Waals surface area contributed by atoms with Crippen molar-refractivity contribution >= 4 is 17.6 Å². The molecule has 1 aromatic heterocycles. The van der Waals surface area contributed by atoms with Crippen LogP contribution in [0.5, 0.6) is 11.5 Å². The lowest BCUT2D eigenvalue weighted by Crippen LogP contribution is -2.38. The molecule has 0 aliphatic carbocycles. The number of aliphatic hydroxyl groups excluding tert-OH is 1. The average Bonchev–Trinajstić information content (AvgIpc) is 2.72. The first kappa shape index (κ1) is 21.8. The van der Waals surface area contributed by atoms with Crippen LogP contribution in [0, 0.1) is 0 Å². The van der Waals surface area contributed by atoms with Crippen molar-refractivity contribution in [3.63, 3.8) is 0 Å². The number of nitrogens with one attached hydrogen (secondary N) is 2. The predicted octanol–water partition coefficient (Wildman–Crippen LogP) is 2.58. The van der Waals surface area contributed by atoms with Gasteiger partial charge >= 0.3 is 0 Å². The molecule has 1 atom stereocenters. The Kier molecular flexibility index (Phi) is 8.84. The van der Waals surface area contributed by atoms with E-state index in [9.17, 15) is 5.11 Å². The van der Waals surface area contributed by atoms with Gasteiger partial charge in [0.25, 0.3) is 0 Å². The molecule has 0 aliphatic rings. The third-order valence-electron chi connectivity index (χ3n) is 4.05. The fourth-order valence-corrected chi connectivity index (χ4v) is 2.68. The molecule has 1 heterocycles. The number of methoxy groups -OCH3 is 2. The van der Waals surface area contributed by atoms with Crippen molar-refractivity contribution in [1.29, 1.82) is 0 Å². The summed E-state index contributed by atoms with van der Waals surface area (Å²) in [4.78, 5) is 8.54. The monoisotopic (exact) mass is 406 g/mol. The Hall–Kier alpha value is -2.51. The zero-order valence-corrected chi connectivity index (χ0v) is 17.2. The van der Waals surface area contributed by atoms with Gasteiger partial charge in [-0.05, 0) is 42.7 Å². The highest BCUT2D eigenvalue weighted by molar-refractivity contribution is 6.29. The van der Waals surface area contributed by atoms with Crippen molar-refractivity contribution in [3.05, 3.63) is 52.8 Å². The van der Waals surface area contributed by atoms with Crippen LogP contribution in [0.2, 0.25) is 5.15 Å². The first-order valence-electron chi connectivity index (χ1n) is 9.10. The van der Waals surface area contributed by atoms with Gasteiger partial charge in [0.15, 0.2) is 17.5 Å². The fourth-order valence-electron chi connectivity index (χ4n) is 2.56. The molecule has 0 saturated heterocycles. The minimum atomic E-state index is -0.754. The number of benzene rings is 1. The van der Waals surface area contributed by atoms with Crippen molar-refractivity contribution in [2.75, 3.05) is 33.9 Å². The summed E-state index contributed by atoms with van der Waals surface area (Å²) in [7, 11) is 3.14. The molecule has 28 heavy (non-hydrogen) atoms. The number of pyridine rings is 1. The van der Waals surface area contributed by atoms with Gasteiger partial charge in [-0.15, -0.1) is 0 Å². The van der Waals surface area contributed by atoms with E-state index in [1.165, 1.54) is 0 Å². The number of aromatic nitrogens is 1. The van der Waals surface area contributed by atoms with E-state index in [0.29, 0.717) is 34.7 Å². The van der Waals surface area contributed by atoms with Crippen molar-refractivity contribution < 1.29 is 14.6 Å². The maximum absolute atomic E-state index is 10.5. The normalized spacial score (nSPS) is 12.4. The summed E-state index contributed by atoms with van der Waals surface area (Å²) in [5.41, 5.74) is 1.79. The summed E-state index contributed by atoms with van der Waals surface area (Å²) in [5, 5.41) is 17.4. The predicted molar refractivity (Wildman–Crippen MR) is 111 cm³/mol. The summed E-state index contributed by atoms with van der Waals surface area (Å²) in [6.45, 7) is 3.61. The zero-order valence-electron chi connectivity index (χ0n) is 16.4. The molecule has 0 bridgehead atoms. The van der Waals surface area contributed by atoms with E-state index in [2.05, 4.69) is 20.6 Å². The molecular weight excluding hydrogens is 380 g/mol. The highest BCUT2D eigenvalue weighted by Gasteiger charge is 2.12. The van der Waals surface area contributed by atoms with Crippen LogP contribution in [0.25, 0.3) is 0 Å². The van der Waals surface area contributed by atoms with Crippen LogP contribution in [-0.2, 0) is 6.42 Å². The van der Waals surface area contributed by atoms with E-state index in [1.807, 2.05) is 13.0 Å². The molecule has 7 nitrogen and oxygen atoms in total. The van der Waals surface area contributed by atoms with Gasteiger partial charge in [0.1, 0.15) is 5.15 Å². The molecule has 2 aromatic rings. The lowest BCUT2D eigenvalue weighted by molar-refractivity contribution is 0.186. The second kappa shape index (κ2) is 11.4. The second-order valence-electron chi connectivity index (χ2n) is 6.02. The fraction of sp³-hybridized carbons (Fsp3) is 0.400. The van der Waals surface area contributed by atoms with Crippen molar-refractivity contribution in [2.24, 2.45) is 4.99 Å². The molecule has 0 saturated carbocycles. The Balaban J connectivity index is 1.94. The summed E-state index contributed by atoms with van der Waals surface area (Å²) >= 11 is 5.80. The third kappa shape index (κ3) is 6.58. The number of rotatable bonds is 9. The molecule has 0 amide bonds. The smallest absolute Gasteiger partial charge is 0.191 e. The highest BCUT2D eigenvalue weighted by atomic mass is 35.5. The molecule has 152 valence electrons. The average molecular weight is 407 g/mol. The Bertz CT molecular complexity index is 769. The highest BCUT2D eigenvalue weighted by Crippen LogP contribution is 2.30. The van der Waals surface area contributed by atoms with Gasteiger partial charge in [0.05, 0.1) is 26.9 Å². The number of halogens is 1. The molecule has 0 fully saturated rings. The van der Waals surface area contributed by atoms with Crippen molar-refractivity contribution in [3.8, 4) is 11.5 Å². The van der Waals surface area contributed by atoms with E-state index in [4.69, 9.17) is 21.1 Å². The molecule has 0 spiro atoms.